The number of amides is 1. The topological polar surface area (TPSA) is 29.5 Å². The molecule has 0 spiro atoms. The predicted octanol–water partition coefficient (Wildman–Crippen LogP) is 2.34. The third-order valence-corrected chi connectivity index (χ3v) is 3.64. The van der Waals surface area contributed by atoms with Crippen molar-refractivity contribution in [2.24, 2.45) is 0 Å². The van der Waals surface area contributed by atoms with Gasteiger partial charge in [-0.15, -0.1) is 0 Å². The minimum atomic E-state index is -1.57. The maximum absolute atomic E-state index is 13.1. The predicted molar refractivity (Wildman–Crippen MR) is 65.8 cm³/mol. The summed E-state index contributed by atoms with van der Waals surface area (Å²) in [7, 11) is 0. The van der Waals surface area contributed by atoms with Crippen molar-refractivity contribution in [2.45, 2.75) is 6.04 Å². The molecule has 7 heteroatoms. The lowest BCUT2D eigenvalue weighted by Crippen LogP contribution is -2.49. The Hall–Kier alpha value is -1.08. The van der Waals surface area contributed by atoms with E-state index in [2.05, 4.69) is 15.9 Å². The Morgan fingerprint density at radius 1 is 1.37 bits per heavy atom. The number of ether oxygens (including phenoxy) is 1. The molecule has 0 radical (unpaired) electrons. The number of carbonyl (C=O) groups is 1. The molecule has 0 saturated carbocycles. The van der Waals surface area contributed by atoms with Crippen molar-refractivity contribution < 1.29 is 22.7 Å². The first-order valence-corrected chi connectivity index (χ1v) is 6.76. The van der Waals surface area contributed by atoms with Crippen LogP contribution in [-0.2, 0) is 4.74 Å². The van der Waals surface area contributed by atoms with Gasteiger partial charge in [0.05, 0.1) is 19.3 Å². The van der Waals surface area contributed by atoms with E-state index >= 15 is 0 Å². The van der Waals surface area contributed by atoms with Gasteiger partial charge >= 0.3 is 0 Å². The van der Waals surface area contributed by atoms with Crippen molar-refractivity contribution in [3.8, 4) is 0 Å². The molecular weight excluding hydrogens is 327 g/mol. The van der Waals surface area contributed by atoms with E-state index in [9.17, 15) is 18.0 Å². The van der Waals surface area contributed by atoms with E-state index in [0.717, 1.165) is 0 Å². The van der Waals surface area contributed by atoms with Gasteiger partial charge in [-0.05, 0) is 12.1 Å². The number of benzene rings is 1. The first kappa shape index (κ1) is 14.3. The van der Waals surface area contributed by atoms with Gasteiger partial charge in [0.2, 0.25) is 0 Å². The maximum Gasteiger partial charge on any atom is 0.254 e. The van der Waals surface area contributed by atoms with Crippen LogP contribution in [0.25, 0.3) is 0 Å². The van der Waals surface area contributed by atoms with Gasteiger partial charge in [0, 0.05) is 17.4 Å². The minimum Gasteiger partial charge on any atom is -0.377 e. The van der Waals surface area contributed by atoms with Crippen molar-refractivity contribution in [3.05, 3.63) is 35.1 Å². The summed E-state index contributed by atoms with van der Waals surface area (Å²) in [6, 6.07) is 1.21. The summed E-state index contributed by atoms with van der Waals surface area (Å²) in [6.07, 6.45) is 0. The molecule has 1 aromatic rings. The van der Waals surface area contributed by atoms with Gasteiger partial charge in [-0.3, -0.25) is 4.79 Å². The number of hydrogen-bond acceptors (Lipinski definition) is 2. The fraction of sp³-hybridized carbons (Fsp3) is 0.417. The smallest absolute Gasteiger partial charge is 0.254 e. The Bertz CT molecular complexity index is 475. The molecule has 1 saturated heterocycles. The average Bonchev–Trinajstić information content (AvgIpc) is 2.43. The normalized spacial score (nSPS) is 19.6. The highest BCUT2D eigenvalue weighted by molar-refractivity contribution is 9.09. The second-order valence-electron chi connectivity index (χ2n) is 4.14. The molecule has 2 rings (SSSR count). The number of alkyl halides is 1. The number of halogens is 4. The van der Waals surface area contributed by atoms with Gasteiger partial charge in [0.1, 0.15) is 0 Å². The van der Waals surface area contributed by atoms with Gasteiger partial charge in [0.25, 0.3) is 5.91 Å². The lowest BCUT2D eigenvalue weighted by Gasteiger charge is -2.34. The molecule has 1 heterocycles. The molecule has 104 valence electrons. The highest BCUT2D eigenvalue weighted by atomic mass is 79.9. The lowest BCUT2D eigenvalue weighted by molar-refractivity contribution is 0.00519. The van der Waals surface area contributed by atoms with Gasteiger partial charge in [0.15, 0.2) is 17.5 Å². The summed E-state index contributed by atoms with van der Waals surface area (Å²) in [5.74, 6) is -4.85. The van der Waals surface area contributed by atoms with Crippen LogP contribution in [0.3, 0.4) is 0 Å². The average molecular weight is 338 g/mol. The zero-order chi connectivity index (χ0) is 14.0. The van der Waals surface area contributed by atoms with Crippen LogP contribution in [-0.4, -0.2) is 41.9 Å². The molecular formula is C12H11BrF3NO2. The Morgan fingerprint density at radius 2 is 2.00 bits per heavy atom. The summed E-state index contributed by atoms with van der Waals surface area (Å²) < 4.78 is 44.3. The van der Waals surface area contributed by atoms with Crippen LogP contribution < -0.4 is 0 Å². The minimum absolute atomic E-state index is 0.204. The van der Waals surface area contributed by atoms with Crippen LogP contribution in [0.4, 0.5) is 13.2 Å². The number of rotatable bonds is 2. The summed E-state index contributed by atoms with van der Waals surface area (Å²) in [6.45, 7) is 1.04. The van der Waals surface area contributed by atoms with Gasteiger partial charge in [-0.2, -0.15) is 0 Å². The molecule has 0 N–H and O–H groups in total. The SMILES string of the molecule is O=C(c1cc(F)c(F)c(F)c1)N1CCOCC1CBr. The van der Waals surface area contributed by atoms with Crippen molar-refractivity contribution in [2.75, 3.05) is 25.1 Å². The van der Waals surface area contributed by atoms with Crippen LogP contribution in [0.5, 0.6) is 0 Å². The largest absolute Gasteiger partial charge is 0.377 e. The zero-order valence-electron chi connectivity index (χ0n) is 9.84. The lowest BCUT2D eigenvalue weighted by atomic mass is 10.1. The maximum atomic E-state index is 13.1. The Morgan fingerprint density at radius 3 is 2.58 bits per heavy atom. The molecule has 1 amide bonds. The first-order chi connectivity index (χ1) is 9.04. The Kier molecular flexibility index (Phi) is 4.46. The molecule has 1 aromatic carbocycles. The van der Waals surface area contributed by atoms with Crippen LogP contribution in [0.2, 0.25) is 0 Å². The molecule has 1 aliphatic rings. The van der Waals surface area contributed by atoms with E-state index in [1.807, 2.05) is 0 Å². The van der Waals surface area contributed by atoms with Crippen molar-refractivity contribution >= 4 is 21.8 Å². The van der Waals surface area contributed by atoms with E-state index in [4.69, 9.17) is 4.74 Å². The Labute approximate surface area is 116 Å². The van der Waals surface area contributed by atoms with Gasteiger partial charge in [-0.25, -0.2) is 13.2 Å². The fourth-order valence-electron chi connectivity index (χ4n) is 1.89. The molecule has 19 heavy (non-hydrogen) atoms. The van der Waals surface area contributed by atoms with Gasteiger partial charge in [-0.1, -0.05) is 15.9 Å². The second kappa shape index (κ2) is 5.92. The van der Waals surface area contributed by atoms with Crippen LogP contribution in [0.15, 0.2) is 12.1 Å². The number of hydrogen-bond donors (Lipinski definition) is 0. The van der Waals surface area contributed by atoms with E-state index in [0.29, 0.717) is 37.2 Å². The molecule has 1 unspecified atom stereocenters. The molecule has 0 bridgehead atoms. The van der Waals surface area contributed by atoms with Crippen molar-refractivity contribution in [1.82, 2.24) is 4.90 Å². The zero-order valence-corrected chi connectivity index (χ0v) is 11.4. The van der Waals surface area contributed by atoms with E-state index in [1.165, 1.54) is 4.90 Å². The van der Waals surface area contributed by atoms with Crippen LogP contribution in [0, 0.1) is 17.5 Å². The third kappa shape index (κ3) is 2.92. The summed E-state index contributed by atoms with van der Waals surface area (Å²) in [4.78, 5) is 13.6. The molecule has 3 nitrogen and oxygen atoms in total. The number of nitrogens with zero attached hydrogens (tertiary/aromatic N) is 1. The van der Waals surface area contributed by atoms with Crippen LogP contribution >= 0.6 is 15.9 Å². The fourth-order valence-corrected chi connectivity index (χ4v) is 2.43. The monoisotopic (exact) mass is 337 g/mol. The van der Waals surface area contributed by atoms with E-state index in [-0.39, 0.29) is 11.6 Å². The highest BCUT2D eigenvalue weighted by Crippen LogP contribution is 2.18. The number of morpholine rings is 1. The number of carbonyl (C=O) groups excluding carboxylic acids is 1. The molecule has 1 fully saturated rings. The van der Waals surface area contributed by atoms with Gasteiger partial charge < -0.3 is 9.64 Å². The summed E-state index contributed by atoms with van der Waals surface area (Å²) in [5, 5.41) is 0.491. The van der Waals surface area contributed by atoms with E-state index in [1.54, 1.807) is 0 Å². The second-order valence-corrected chi connectivity index (χ2v) is 4.78. The first-order valence-electron chi connectivity index (χ1n) is 5.63. The van der Waals surface area contributed by atoms with E-state index < -0.39 is 23.4 Å². The quantitative estimate of drug-likeness (QED) is 0.612. The summed E-state index contributed by atoms with van der Waals surface area (Å²) in [5.41, 5.74) is -0.204. The summed E-state index contributed by atoms with van der Waals surface area (Å²) >= 11 is 3.25. The molecule has 1 aliphatic heterocycles. The highest BCUT2D eigenvalue weighted by Gasteiger charge is 2.28. The van der Waals surface area contributed by atoms with Crippen molar-refractivity contribution in [3.63, 3.8) is 0 Å². The third-order valence-electron chi connectivity index (χ3n) is 2.90. The molecule has 0 aromatic heterocycles. The van der Waals surface area contributed by atoms with Crippen molar-refractivity contribution in [1.29, 1.82) is 0 Å². The standard InChI is InChI=1S/C12H11BrF3NO2/c13-5-8-6-19-2-1-17(8)12(18)7-3-9(14)11(16)10(15)4-7/h3-4,8H,1-2,5-6H2. The molecule has 1 atom stereocenters. The Balaban J connectivity index is 2.28. The van der Waals surface area contributed by atoms with Crippen LogP contribution in [0.1, 0.15) is 10.4 Å². The molecule has 0 aliphatic carbocycles.